The number of anilines is 1. The molecule has 0 radical (unpaired) electrons. The standard InChI is InChI=1S/C10H14N2O2/c1-6-3-2-4-7(10(6)12)8(11)5-9(13)14/h2-4,8H,5,11-12H2,1H3,(H,13,14)/t8-/m0/s1. The Labute approximate surface area is 82.5 Å². The van der Waals surface area contributed by atoms with E-state index in [1.54, 1.807) is 6.07 Å². The van der Waals surface area contributed by atoms with E-state index >= 15 is 0 Å². The van der Waals surface area contributed by atoms with Crippen molar-refractivity contribution < 1.29 is 9.90 Å². The smallest absolute Gasteiger partial charge is 0.305 e. The fraction of sp³-hybridized carbons (Fsp3) is 0.300. The van der Waals surface area contributed by atoms with Gasteiger partial charge in [0, 0.05) is 11.7 Å². The molecule has 0 aliphatic heterocycles. The highest BCUT2D eigenvalue weighted by atomic mass is 16.4. The van der Waals surface area contributed by atoms with Gasteiger partial charge < -0.3 is 16.6 Å². The predicted molar refractivity (Wildman–Crippen MR) is 54.8 cm³/mol. The Morgan fingerprint density at radius 2 is 2.21 bits per heavy atom. The maximum atomic E-state index is 10.5. The highest BCUT2D eigenvalue weighted by Gasteiger charge is 2.13. The number of hydrogen-bond acceptors (Lipinski definition) is 3. The first-order chi connectivity index (χ1) is 6.52. The third-order valence-electron chi connectivity index (χ3n) is 2.15. The number of nitrogen functional groups attached to an aromatic ring is 1. The number of benzene rings is 1. The number of nitrogens with two attached hydrogens (primary N) is 2. The largest absolute Gasteiger partial charge is 0.481 e. The van der Waals surface area contributed by atoms with Gasteiger partial charge in [-0.05, 0) is 18.1 Å². The summed E-state index contributed by atoms with van der Waals surface area (Å²) in [6, 6.07) is 4.91. The minimum atomic E-state index is -0.918. The average Bonchev–Trinajstić information content (AvgIpc) is 2.08. The highest BCUT2D eigenvalue weighted by Crippen LogP contribution is 2.23. The summed E-state index contributed by atoms with van der Waals surface area (Å²) in [6.07, 6.45) is -0.104. The molecular formula is C10H14N2O2. The van der Waals surface area contributed by atoms with Gasteiger partial charge in [0.15, 0.2) is 0 Å². The quantitative estimate of drug-likeness (QED) is 0.627. The topological polar surface area (TPSA) is 89.3 Å². The molecular weight excluding hydrogens is 180 g/mol. The van der Waals surface area contributed by atoms with Gasteiger partial charge in [-0.3, -0.25) is 4.79 Å². The number of carbonyl (C=O) groups is 1. The van der Waals surface area contributed by atoms with Crippen molar-refractivity contribution in [3.8, 4) is 0 Å². The van der Waals surface area contributed by atoms with E-state index in [1.807, 2.05) is 19.1 Å². The molecule has 0 amide bonds. The molecule has 0 aromatic heterocycles. The summed E-state index contributed by atoms with van der Waals surface area (Å²) in [7, 11) is 0. The average molecular weight is 194 g/mol. The Morgan fingerprint density at radius 1 is 1.57 bits per heavy atom. The van der Waals surface area contributed by atoms with Crippen LogP contribution in [0.15, 0.2) is 18.2 Å². The number of carboxylic acid groups (broad SMARTS) is 1. The second-order valence-electron chi connectivity index (χ2n) is 3.28. The molecule has 1 aromatic carbocycles. The number of carboxylic acids is 1. The summed E-state index contributed by atoms with van der Waals surface area (Å²) >= 11 is 0. The van der Waals surface area contributed by atoms with Crippen molar-refractivity contribution in [3.05, 3.63) is 29.3 Å². The van der Waals surface area contributed by atoms with E-state index in [2.05, 4.69) is 0 Å². The van der Waals surface area contributed by atoms with Crippen LogP contribution in [-0.2, 0) is 4.79 Å². The highest BCUT2D eigenvalue weighted by molar-refractivity contribution is 5.69. The SMILES string of the molecule is Cc1cccc([C@@H](N)CC(=O)O)c1N. The Kier molecular flexibility index (Phi) is 3.09. The molecule has 4 heteroatoms. The third-order valence-corrected chi connectivity index (χ3v) is 2.15. The Balaban J connectivity index is 2.95. The van der Waals surface area contributed by atoms with Crippen LogP contribution >= 0.6 is 0 Å². The molecule has 0 aliphatic carbocycles. The molecule has 0 aliphatic rings. The molecule has 0 fully saturated rings. The molecule has 1 atom stereocenters. The van der Waals surface area contributed by atoms with E-state index in [9.17, 15) is 4.79 Å². The van der Waals surface area contributed by atoms with Crippen LogP contribution in [0, 0.1) is 6.92 Å². The molecule has 0 saturated carbocycles. The normalized spacial score (nSPS) is 12.4. The summed E-state index contributed by atoms with van der Waals surface area (Å²) < 4.78 is 0. The Morgan fingerprint density at radius 3 is 2.79 bits per heavy atom. The summed E-state index contributed by atoms with van der Waals surface area (Å²) in [5, 5.41) is 8.58. The van der Waals surface area contributed by atoms with Crippen LogP contribution in [0.3, 0.4) is 0 Å². The van der Waals surface area contributed by atoms with Crippen molar-refractivity contribution in [1.82, 2.24) is 0 Å². The molecule has 76 valence electrons. The van der Waals surface area contributed by atoms with Gasteiger partial charge >= 0.3 is 5.97 Å². The second kappa shape index (κ2) is 4.11. The maximum Gasteiger partial charge on any atom is 0.305 e. The molecule has 0 spiro atoms. The number of hydrogen-bond donors (Lipinski definition) is 3. The zero-order valence-corrected chi connectivity index (χ0v) is 8.03. The number of aliphatic carboxylic acids is 1. The molecule has 4 nitrogen and oxygen atoms in total. The maximum absolute atomic E-state index is 10.5. The molecule has 14 heavy (non-hydrogen) atoms. The van der Waals surface area contributed by atoms with Crippen molar-refractivity contribution in [2.45, 2.75) is 19.4 Å². The first-order valence-corrected chi connectivity index (χ1v) is 4.34. The van der Waals surface area contributed by atoms with Crippen LogP contribution in [0.2, 0.25) is 0 Å². The lowest BCUT2D eigenvalue weighted by Gasteiger charge is -2.13. The molecule has 0 saturated heterocycles. The molecule has 1 rings (SSSR count). The fourth-order valence-electron chi connectivity index (χ4n) is 1.32. The van der Waals surface area contributed by atoms with Crippen LogP contribution in [0.5, 0.6) is 0 Å². The predicted octanol–water partition coefficient (Wildman–Crippen LogP) is 1.05. The summed E-state index contributed by atoms with van der Waals surface area (Å²) in [5.41, 5.74) is 13.7. The van der Waals surface area contributed by atoms with Gasteiger partial charge in [-0.25, -0.2) is 0 Å². The fourth-order valence-corrected chi connectivity index (χ4v) is 1.32. The zero-order chi connectivity index (χ0) is 10.7. The van der Waals surface area contributed by atoms with Gasteiger partial charge in [-0.1, -0.05) is 18.2 Å². The lowest BCUT2D eigenvalue weighted by Crippen LogP contribution is -2.16. The number of para-hydroxylation sites is 1. The summed E-state index contributed by atoms with van der Waals surface area (Å²) in [6.45, 7) is 1.87. The van der Waals surface area contributed by atoms with Crippen LogP contribution in [0.4, 0.5) is 5.69 Å². The Hall–Kier alpha value is -1.55. The minimum absolute atomic E-state index is 0.104. The lowest BCUT2D eigenvalue weighted by molar-refractivity contribution is -0.137. The first kappa shape index (κ1) is 10.5. The van der Waals surface area contributed by atoms with Crippen LogP contribution < -0.4 is 11.5 Å². The van der Waals surface area contributed by atoms with Crippen LogP contribution in [-0.4, -0.2) is 11.1 Å². The molecule has 0 heterocycles. The molecule has 1 aromatic rings. The van der Waals surface area contributed by atoms with Crippen LogP contribution in [0.25, 0.3) is 0 Å². The van der Waals surface area contributed by atoms with Gasteiger partial charge in [-0.2, -0.15) is 0 Å². The number of aryl methyl sites for hydroxylation is 1. The van der Waals surface area contributed by atoms with E-state index < -0.39 is 12.0 Å². The second-order valence-corrected chi connectivity index (χ2v) is 3.28. The molecule has 0 unspecified atom stereocenters. The molecule has 0 bridgehead atoms. The summed E-state index contributed by atoms with van der Waals surface area (Å²) in [5.74, 6) is -0.918. The van der Waals surface area contributed by atoms with E-state index in [4.69, 9.17) is 16.6 Å². The first-order valence-electron chi connectivity index (χ1n) is 4.34. The summed E-state index contributed by atoms with van der Waals surface area (Å²) in [4.78, 5) is 10.5. The number of rotatable bonds is 3. The van der Waals surface area contributed by atoms with Crippen LogP contribution in [0.1, 0.15) is 23.6 Å². The van der Waals surface area contributed by atoms with Gasteiger partial charge in [0.2, 0.25) is 0 Å². The zero-order valence-electron chi connectivity index (χ0n) is 8.03. The van der Waals surface area contributed by atoms with Crippen molar-refractivity contribution in [2.24, 2.45) is 5.73 Å². The monoisotopic (exact) mass is 194 g/mol. The van der Waals surface area contributed by atoms with Gasteiger partial charge in [-0.15, -0.1) is 0 Å². The van der Waals surface area contributed by atoms with Crippen molar-refractivity contribution >= 4 is 11.7 Å². The van der Waals surface area contributed by atoms with Crippen molar-refractivity contribution in [3.63, 3.8) is 0 Å². The van der Waals surface area contributed by atoms with Crippen molar-refractivity contribution in [1.29, 1.82) is 0 Å². The van der Waals surface area contributed by atoms with Gasteiger partial charge in [0.05, 0.1) is 6.42 Å². The molecule has 5 N–H and O–H groups in total. The van der Waals surface area contributed by atoms with Crippen molar-refractivity contribution in [2.75, 3.05) is 5.73 Å². The van der Waals surface area contributed by atoms with E-state index in [-0.39, 0.29) is 6.42 Å². The Bertz CT molecular complexity index is 350. The lowest BCUT2D eigenvalue weighted by atomic mass is 10.00. The van der Waals surface area contributed by atoms with E-state index in [0.29, 0.717) is 11.3 Å². The third kappa shape index (κ3) is 2.23. The van der Waals surface area contributed by atoms with Gasteiger partial charge in [0.1, 0.15) is 0 Å². The van der Waals surface area contributed by atoms with E-state index in [1.165, 1.54) is 0 Å². The van der Waals surface area contributed by atoms with E-state index in [0.717, 1.165) is 5.56 Å². The van der Waals surface area contributed by atoms with Gasteiger partial charge in [0.25, 0.3) is 0 Å². The minimum Gasteiger partial charge on any atom is -0.481 e.